The fourth-order valence-corrected chi connectivity index (χ4v) is 3.42. The Hall–Kier alpha value is -3.16. The molecule has 2 heterocycles. The van der Waals surface area contributed by atoms with Gasteiger partial charge in [0.15, 0.2) is 11.5 Å². The summed E-state index contributed by atoms with van der Waals surface area (Å²) in [5, 5.41) is 11.5. The lowest BCUT2D eigenvalue weighted by Crippen LogP contribution is -2.48. The van der Waals surface area contributed by atoms with Gasteiger partial charge in [-0.1, -0.05) is 0 Å². The number of nitrogens with one attached hydrogen (secondary N) is 1. The van der Waals surface area contributed by atoms with Crippen LogP contribution in [0.4, 0.5) is 17.2 Å². The van der Waals surface area contributed by atoms with Crippen LogP contribution in [0.25, 0.3) is 0 Å². The highest BCUT2D eigenvalue weighted by Gasteiger charge is 2.22. The maximum atomic E-state index is 12.6. The van der Waals surface area contributed by atoms with Gasteiger partial charge < -0.3 is 20.0 Å². The first-order chi connectivity index (χ1) is 14.0. The third-order valence-corrected chi connectivity index (χ3v) is 5.24. The number of nitrogens with zero attached hydrogens (tertiary/aromatic N) is 5. The van der Waals surface area contributed by atoms with Gasteiger partial charge in [0.1, 0.15) is 0 Å². The minimum atomic E-state index is -0.158. The van der Waals surface area contributed by atoms with Gasteiger partial charge in [-0.2, -0.15) is 0 Å². The normalized spacial score (nSPS) is 13.9. The Morgan fingerprint density at radius 1 is 1.10 bits per heavy atom. The minimum absolute atomic E-state index is 0.158. The number of aryl methyl sites for hydroxylation is 1. The molecule has 8 heteroatoms. The van der Waals surface area contributed by atoms with Crippen molar-refractivity contribution in [3.8, 4) is 0 Å². The second-order valence-corrected chi connectivity index (χ2v) is 7.03. The smallest absolute Gasteiger partial charge is 0.274 e. The number of rotatable bonds is 7. The summed E-state index contributed by atoms with van der Waals surface area (Å²) in [6, 6.07) is 9.73. The summed E-state index contributed by atoms with van der Waals surface area (Å²) in [4.78, 5) is 29.0. The van der Waals surface area contributed by atoms with Gasteiger partial charge in [-0.15, -0.1) is 10.2 Å². The number of amides is 2. The van der Waals surface area contributed by atoms with E-state index in [0.717, 1.165) is 30.8 Å². The van der Waals surface area contributed by atoms with E-state index in [1.165, 1.54) is 5.69 Å². The third kappa shape index (κ3) is 4.82. The van der Waals surface area contributed by atoms with Crippen LogP contribution in [0, 0.1) is 6.92 Å². The Labute approximate surface area is 171 Å². The lowest BCUT2D eigenvalue weighted by Gasteiger charge is -2.32. The zero-order valence-corrected chi connectivity index (χ0v) is 17.3. The van der Waals surface area contributed by atoms with E-state index in [1.807, 2.05) is 6.07 Å². The van der Waals surface area contributed by atoms with E-state index in [-0.39, 0.29) is 5.91 Å². The van der Waals surface area contributed by atoms with E-state index in [0.29, 0.717) is 37.7 Å². The zero-order chi connectivity index (χ0) is 20.8. The van der Waals surface area contributed by atoms with E-state index in [4.69, 9.17) is 0 Å². The van der Waals surface area contributed by atoms with Gasteiger partial charge in [0.25, 0.3) is 5.91 Å². The third-order valence-electron chi connectivity index (χ3n) is 5.24. The van der Waals surface area contributed by atoms with Crippen LogP contribution >= 0.6 is 0 Å². The van der Waals surface area contributed by atoms with Crippen LogP contribution < -0.4 is 10.2 Å². The molecule has 1 aliphatic rings. The predicted molar refractivity (Wildman–Crippen MR) is 114 cm³/mol. The van der Waals surface area contributed by atoms with E-state index in [1.54, 1.807) is 21.9 Å². The molecule has 154 valence electrons. The van der Waals surface area contributed by atoms with Crippen molar-refractivity contribution in [2.75, 3.05) is 49.5 Å². The molecular weight excluding hydrogens is 368 g/mol. The molecule has 0 atom stereocenters. The molecule has 0 radical (unpaired) electrons. The van der Waals surface area contributed by atoms with Crippen molar-refractivity contribution in [3.05, 3.63) is 41.6 Å². The predicted octanol–water partition coefficient (Wildman–Crippen LogP) is 2.29. The van der Waals surface area contributed by atoms with Gasteiger partial charge in [0.05, 0.1) is 0 Å². The molecule has 1 N–H and O–H groups in total. The molecule has 0 aliphatic carbocycles. The SMILES string of the molecule is CCN(CC)c1ccc(Nc2ccc(C(=O)N3CCN(C=O)CC3)nn2)c(C)c1. The molecule has 1 saturated heterocycles. The molecule has 2 amide bonds. The standard InChI is InChI=1S/C21H28N6O2/c1-4-26(5-2)17-6-7-18(16(3)14-17)22-20-9-8-19(23-24-20)21(29)27-12-10-25(15-28)11-13-27/h6-9,14-15H,4-5,10-13H2,1-3H3,(H,22,24). The largest absolute Gasteiger partial charge is 0.372 e. The summed E-state index contributed by atoms with van der Waals surface area (Å²) in [6.45, 7) is 10.4. The van der Waals surface area contributed by atoms with Crippen molar-refractivity contribution >= 4 is 29.5 Å². The second-order valence-electron chi connectivity index (χ2n) is 7.03. The van der Waals surface area contributed by atoms with E-state index >= 15 is 0 Å². The molecule has 0 unspecified atom stereocenters. The summed E-state index contributed by atoms with van der Waals surface area (Å²) >= 11 is 0. The number of carbonyl (C=O) groups excluding carboxylic acids is 2. The van der Waals surface area contributed by atoms with Crippen LogP contribution in [0.3, 0.4) is 0 Å². The number of hydrogen-bond donors (Lipinski definition) is 1. The molecular formula is C21H28N6O2. The van der Waals surface area contributed by atoms with Crippen LogP contribution in [0.2, 0.25) is 0 Å². The lowest BCUT2D eigenvalue weighted by atomic mass is 10.1. The van der Waals surface area contributed by atoms with Crippen LogP contribution in [0.1, 0.15) is 29.9 Å². The van der Waals surface area contributed by atoms with Crippen LogP contribution in [0.15, 0.2) is 30.3 Å². The van der Waals surface area contributed by atoms with Crippen molar-refractivity contribution in [2.24, 2.45) is 0 Å². The average Bonchev–Trinajstić information content (AvgIpc) is 2.76. The summed E-state index contributed by atoms with van der Waals surface area (Å²) in [7, 11) is 0. The number of piperazine rings is 1. The molecule has 1 aromatic carbocycles. The van der Waals surface area contributed by atoms with Crippen molar-refractivity contribution in [2.45, 2.75) is 20.8 Å². The van der Waals surface area contributed by atoms with E-state index in [9.17, 15) is 9.59 Å². The van der Waals surface area contributed by atoms with Crippen LogP contribution in [-0.2, 0) is 4.79 Å². The Balaban J connectivity index is 1.65. The molecule has 1 aliphatic heterocycles. The molecule has 2 aromatic rings. The Kier molecular flexibility index (Phi) is 6.64. The average molecular weight is 396 g/mol. The monoisotopic (exact) mass is 396 g/mol. The molecule has 8 nitrogen and oxygen atoms in total. The Morgan fingerprint density at radius 3 is 2.38 bits per heavy atom. The summed E-state index contributed by atoms with van der Waals surface area (Å²) in [5.74, 6) is 0.431. The Morgan fingerprint density at radius 2 is 1.83 bits per heavy atom. The summed E-state index contributed by atoms with van der Waals surface area (Å²) < 4.78 is 0. The van der Waals surface area contributed by atoms with E-state index in [2.05, 4.69) is 53.3 Å². The number of carbonyl (C=O) groups is 2. The summed E-state index contributed by atoms with van der Waals surface area (Å²) in [6.07, 6.45) is 0.818. The van der Waals surface area contributed by atoms with Crippen molar-refractivity contribution in [3.63, 3.8) is 0 Å². The number of anilines is 3. The topological polar surface area (TPSA) is 81.7 Å². The fraction of sp³-hybridized carbons (Fsp3) is 0.429. The zero-order valence-electron chi connectivity index (χ0n) is 17.3. The van der Waals surface area contributed by atoms with Gasteiger partial charge >= 0.3 is 0 Å². The number of hydrogen-bond acceptors (Lipinski definition) is 6. The molecule has 1 aromatic heterocycles. The highest BCUT2D eigenvalue weighted by Crippen LogP contribution is 2.24. The van der Waals surface area contributed by atoms with Crippen molar-refractivity contribution in [1.82, 2.24) is 20.0 Å². The fourth-order valence-electron chi connectivity index (χ4n) is 3.42. The minimum Gasteiger partial charge on any atom is -0.372 e. The maximum Gasteiger partial charge on any atom is 0.274 e. The highest BCUT2D eigenvalue weighted by atomic mass is 16.2. The molecule has 0 saturated carbocycles. The molecule has 1 fully saturated rings. The number of benzene rings is 1. The lowest BCUT2D eigenvalue weighted by molar-refractivity contribution is -0.119. The maximum absolute atomic E-state index is 12.6. The van der Waals surface area contributed by atoms with Crippen LogP contribution in [0.5, 0.6) is 0 Å². The quantitative estimate of drug-likeness (QED) is 0.723. The van der Waals surface area contributed by atoms with Crippen molar-refractivity contribution in [1.29, 1.82) is 0 Å². The van der Waals surface area contributed by atoms with E-state index < -0.39 is 0 Å². The highest BCUT2D eigenvalue weighted by molar-refractivity contribution is 5.92. The molecule has 3 rings (SSSR count). The van der Waals surface area contributed by atoms with Gasteiger partial charge in [0, 0.05) is 50.6 Å². The first kappa shape index (κ1) is 20.6. The molecule has 0 bridgehead atoms. The first-order valence-electron chi connectivity index (χ1n) is 10.0. The van der Waals surface area contributed by atoms with Gasteiger partial charge in [-0.3, -0.25) is 9.59 Å². The summed E-state index contributed by atoms with van der Waals surface area (Å²) in [5.41, 5.74) is 3.58. The molecule has 29 heavy (non-hydrogen) atoms. The Bertz CT molecular complexity index is 843. The van der Waals surface area contributed by atoms with Gasteiger partial charge in [-0.05, 0) is 56.7 Å². The number of aromatic nitrogens is 2. The first-order valence-corrected chi connectivity index (χ1v) is 10.0. The van der Waals surface area contributed by atoms with Crippen molar-refractivity contribution < 1.29 is 9.59 Å². The second kappa shape index (κ2) is 9.36. The van der Waals surface area contributed by atoms with Gasteiger partial charge in [-0.25, -0.2) is 0 Å². The molecule has 0 spiro atoms. The van der Waals surface area contributed by atoms with Crippen LogP contribution in [-0.4, -0.2) is 71.6 Å². The van der Waals surface area contributed by atoms with Gasteiger partial charge in [0.2, 0.25) is 6.41 Å².